The zero-order chi connectivity index (χ0) is 16.6. The zero-order valence-corrected chi connectivity index (χ0v) is 12.5. The van der Waals surface area contributed by atoms with Gasteiger partial charge in [0, 0.05) is 12.0 Å². The zero-order valence-electron chi connectivity index (χ0n) is 12.5. The summed E-state index contributed by atoms with van der Waals surface area (Å²) in [7, 11) is 1.43. The molecule has 0 bridgehead atoms. The van der Waals surface area contributed by atoms with Gasteiger partial charge in [-0.05, 0) is 18.6 Å². The summed E-state index contributed by atoms with van der Waals surface area (Å²) >= 11 is 0. The molecule has 3 aromatic rings. The van der Waals surface area contributed by atoms with E-state index in [1.54, 1.807) is 6.07 Å². The molecule has 1 N–H and O–H groups in total. The minimum Gasteiger partial charge on any atom is -0.481 e. The van der Waals surface area contributed by atoms with Gasteiger partial charge in [-0.2, -0.15) is 18.2 Å². The Bertz CT molecular complexity index is 838. The van der Waals surface area contributed by atoms with Gasteiger partial charge in [-0.1, -0.05) is 29.8 Å². The van der Waals surface area contributed by atoms with Crippen LogP contribution in [0.1, 0.15) is 22.5 Å². The van der Waals surface area contributed by atoms with Crippen molar-refractivity contribution in [1.29, 1.82) is 0 Å². The smallest absolute Gasteiger partial charge is 0.449 e. The normalized spacial score (nSPS) is 11.9. The highest BCUT2D eigenvalue weighted by molar-refractivity contribution is 5.73. The number of nitrogens with zero attached hydrogens (tertiary/aromatic N) is 2. The number of alkyl halides is 3. The van der Waals surface area contributed by atoms with Gasteiger partial charge in [-0.3, -0.25) is 0 Å². The lowest BCUT2D eigenvalue weighted by Gasteiger charge is -2.07. The minimum absolute atomic E-state index is 0.0122. The predicted molar refractivity (Wildman–Crippen MR) is 79.4 cm³/mol. The van der Waals surface area contributed by atoms with Crippen LogP contribution in [0.5, 0.6) is 5.88 Å². The molecule has 0 atom stereocenters. The topological polar surface area (TPSA) is 50.8 Å². The van der Waals surface area contributed by atoms with E-state index in [9.17, 15) is 13.2 Å². The number of pyridine rings is 1. The number of rotatable bonds is 3. The quantitative estimate of drug-likeness (QED) is 0.796. The number of ether oxygens (including phenoxy) is 1. The summed E-state index contributed by atoms with van der Waals surface area (Å²) in [5.41, 5.74) is 3.08. The molecule has 2 aromatic heterocycles. The Hall–Kier alpha value is -2.57. The SMILES string of the molecule is COc1nc2nc(C(F)(F)F)[nH]c2cc1Cc1ccc(C)cc1. The Balaban J connectivity index is 2.03. The Morgan fingerprint density at radius 3 is 2.43 bits per heavy atom. The fourth-order valence-corrected chi connectivity index (χ4v) is 2.33. The number of halogens is 3. The van der Waals surface area contributed by atoms with Gasteiger partial charge in [-0.25, -0.2) is 4.98 Å². The third kappa shape index (κ3) is 3.13. The average Bonchev–Trinajstić information content (AvgIpc) is 2.92. The van der Waals surface area contributed by atoms with Crippen LogP contribution in [0, 0.1) is 6.92 Å². The predicted octanol–water partition coefficient (Wildman–Crippen LogP) is 3.88. The van der Waals surface area contributed by atoms with Crippen LogP contribution in [0.25, 0.3) is 11.2 Å². The number of benzene rings is 1. The number of imidazole rings is 1. The van der Waals surface area contributed by atoms with Crippen molar-refractivity contribution in [2.75, 3.05) is 7.11 Å². The number of nitrogens with one attached hydrogen (secondary N) is 1. The maximum absolute atomic E-state index is 12.7. The molecule has 3 rings (SSSR count). The van der Waals surface area contributed by atoms with Gasteiger partial charge < -0.3 is 9.72 Å². The summed E-state index contributed by atoms with van der Waals surface area (Å²) < 4.78 is 43.4. The van der Waals surface area contributed by atoms with Crippen molar-refractivity contribution >= 4 is 11.2 Å². The second kappa shape index (κ2) is 5.57. The van der Waals surface area contributed by atoms with Crippen molar-refractivity contribution in [3.05, 3.63) is 52.8 Å². The number of methoxy groups -OCH3 is 1. The molecule has 4 nitrogen and oxygen atoms in total. The number of H-pyrrole nitrogens is 1. The summed E-state index contributed by atoms with van der Waals surface area (Å²) in [5, 5.41) is 0. The van der Waals surface area contributed by atoms with Crippen molar-refractivity contribution in [3.8, 4) is 5.88 Å². The summed E-state index contributed by atoms with van der Waals surface area (Å²) in [6.07, 6.45) is -4.03. The van der Waals surface area contributed by atoms with E-state index < -0.39 is 12.0 Å². The van der Waals surface area contributed by atoms with Crippen LogP contribution in [-0.2, 0) is 12.6 Å². The molecule has 120 valence electrons. The molecule has 0 unspecified atom stereocenters. The Morgan fingerprint density at radius 1 is 1.13 bits per heavy atom. The maximum Gasteiger partial charge on any atom is 0.449 e. The number of aromatic nitrogens is 3. The third-order valence-corrected chi connectivity index (χ3v) is 3.49. The summed E-state index contributed by atoms with van der Waals surface area (Å²) in [5.74, 6) is -0.784. The van der Waals surface area contributed by atoms with Crippen molar-refractivity contribution in [1.82, 2.24) is 15.0 Å². The van der Waals surface area contributed by atoms with Gasteiger partial charge in [0.25, 0.3) is 0 Å². The first-order chi connectivity index (χ1) is 10.9. The van der Waals surface area contributed by atoms with Crippen molar-refractivity contribution in [2.24, 2.45) is 0 Å². The van der Waals surface area contributed by atoms with Crippen LogP contribution >= 0.6 is 0 Å². The van der Waals surface area contributed by atoms with Crippen molar-refractivity contribution in [2.45, 2.75) is 19.5 Å². The van der Waals surface area contributed by atoms with Crippen LogP contribution in [0.15, 0.2) is 30.3 Å². The molecule has 0 aliphatic carbocycles. The summed E-state index contributed by atoms with van der Waals surface area (Å²) in [6, 6.07) is 9.49. The molecule has 0 spiro atoms. The van der Waals surface area contributed by atoms with E-state index in [1.165, 1.54) is 7.11 Å². The molecule has 2 heterocycles. The summed E-state index contributed by atoms with van der Waals surface area (Å²) in [6.45, 7) is 1.99. The molecule has 23 heavy (non-hydrogen) atoms. The lowest BCUT2D eigenvalue weighted by atomic mass is 10.0. The molecule has 0 amide bonds. The van der Waals surface area contributed by atoms with Crippen LogP contribution in [0.2, 0.25) is 0 Å². The standard InChI is InChI=1S/C16H14F3N3O/c1-9-3-5-10(6-4-9)7-11-8-12-13(21-14(11)23-2)22-15(20-12)16(17,18)19/h3-6,8H,7H2,1-2H3,(H,20,21,22). The molecule has 0 aliphatic heterocycles. The van der Waals surface area contributed by atoms with Gasteiger partial charge in [0.2, 0.25) is 11.7 Å². The van der Waals surface area contributed by atoms with Gasteiger partial charge in [0.05, 0.1) is 12.6 Å². The van der Waals surface area contributed by atoms with Gasteiger partial charge in [-0.15, -0.1) is 0 Å². The van der Waals surface area contributed by atoms with E-state index in [0.717, 1.165) is 11.1 Å². The van der Waals surface area contributed by atoms with Crippen molar-refractivity contribution < 1.29 is 17.9 Å². The first-order valence-electron chi connectivity index (χ1n) is 6.93. The maximum atomic E-state index is 12.7. The van der Waals surface area contributed by atoms with E-state index in [-0.39, 0.29) is 17.0 Å². The minimum atomic E-state index is -4.54. The van der Waals surface area contributed by atoms with Crippen LogP contribution in [-0.4, -0.2) is 22.1 Å². The van der Waals surface area contributed by atoms with Crippen LogP contribution in [0.3, 0.4) is 0 Å². The van der Waals surface area contributed by atoms with E-state index in [4.69, 9.17) is 4.74 Å². The molecule has 0 radical (unpaired) electrons. The lowest BCUT2D eigenvalue weighted by Crippen LogP contribution is -2.06. The fourth-order valence-electron chi connectivity index (χ4n) is 2.33. The average molecular weight is 321 g/mol. The Morgan fingerprint density at radius 2 is 1.83 bits per heavy atom. The van der Waals surface area contributed by atoms with Crippen molar-refractivity contribution in [3.63, 3.8) is 0 Å². The molecule has 0 saturated heterocycles. The number of hydrogen-bond donors (Lipinski definition) is 1. The Labute approximate surface area is 130 Å². The molecular formula is C16H14F3N3O. The van der Waals surface area contributed by atoms with Gasteiger partial charge in [0.1, 0.15) is 0 Å². The molecule has 1 aromatic carbocycles. The van der Waals surface area contributed by atoms with Crippen LogP contribution < -0.4 is 4.74 Å². The van der Waals surface area contributed by atoms with E-state index in [2.05, 4.69) is 15.0 Å². The lowest BCUT2D eigenvalue weighted by molar-refractivity contribution is -0.144. The molecule has 0 fully saturated rings. The van der Waals surface area contributed by atoms with E-state index >= 15 is 0 Å². The summed E-state index contributed by atoms with van der Waals surface area (Å²) in [4.78, 5) is 9.83. The number of aromatic amines is 1. The highest BCUT2D eigenvalue weighted by atomic mass is 19.4. The monoisotopic (exact) mass is 321 g/mol. The van der Waals surface area contributed by atoms with Crippen LogP contribution in [0.4, 0.5) is 13.2 Å². The van der Waals surface area contributed by atoms with E-state index in [0.29, 0.717) is 12.0 Å². The molecular weight excluding hydrogens is 307 g/mol. The second-order valence-corrected chi connectivity index (χ2v) is 5.27. The molecule has 0 aliphatic rings. The first-order valence-corrected chi connectivity index (χ1v) is 6.93. The first kappa shape index (κ1) is 15.3. The molecule has 0 saturated carbocycles. The number of hydrogen-bond acceptors (Lipinski definition) is 3. The highest BCUT2D eigenvalue weighted by Crippen LogP contribution is 2.30. The number of fused-ring (bicyclic) bond motifs is 1. The fraction of sp³-hybridized carbons (Fsp3) is 0.250. The molecule has 7 heteroatoms. The number of aryl methyl sites for hydroxylation is 1. The third-order valence-electron chi connectivity index (χ3n) is 3.49. The largest absolute Gasteiger partial charge is 0.481 e. The Kier molecular flexibility index (Phi) is 3.71. The second-order valence-electron chi connectivity index (χ2n) is 5.27. The van der Waals surface area contributed by atoms with Gasteiger partial charge in [0.15, 0.2) is 5.65 Å². The van der Waals surface area contributed by atoms with Gasteiger partial charge >= 0.3 is 6.18 Å². The highest BCUT2D eigenvalue weighted by Gasteiger charge is 2.35. The van der Waals surface area contributed by atoms with E-state index in [1.807, 2.05) is 31.2 Å².